The van der Waals surface area contributed by atoms with Gasteiger partial charge >= 0.3 is 0 Å². The molecule has 0 unspecified atom stereocenters. The number of thiazole rings is 1. The maximum absolute atomic E-state index is 13.1. The van der Waals surface area contributed by atoms with Crippen molar-refractivity contribution in [2.24, 2.45) is 0 Å². The average Bonchev–Trinajstić information content (AvgIpc) is 3.10. The number of sulfone groups is 1. The van der Waals surface area contributed by atoms with E-state index in [4.69, 9.17) is 0 Å². The minimum Gasteiger partial charge on any atom is -0.267 e. The summed E-state index contributed by atoms with van der Waals surface area (Å²) in [6.45, 7) is 1.81. The van der Waals surface area contributed by atoms with Crippen molar-refractivity contribution in [3.63, 3.8) is 0 Å². The molecule has 1 aromatic carbocycles. The van der Waals surface area contributed by atoms with Crippen molar-refractivity contribution in [3.8, 4) is 10.6 Å². The topological polar surface area (TPSA) is 70.6 Å². The number of carbonyl (C=O) groups is 1. The van der Waals surface area contributed by atoms with Crippen molar-refractivity contribution in [3.05, 3.63) is 40.9 Å². The standard InChI is InChI=1S/C17H21N3O3S2/c1-12-15(24-16(18-12)13-7-5-4-6-8-13)17(21)20(19(2)3)14-9-10-25(22,23)11-14/h4-8,14H,9-11H2,1-3H3/t14-/m1/s1. The number of carbonyl (C=O) groups excluding carboxylic acids is 1. The van der Waals surface area contributed by atoms with Crippen molar-refractivity contribution < 1.29 is 13.2 Å². The number of benzene rings is 1. The third-order valence-electron chi connectivity index (χ3n) is 4.20. The lowest BCUT2D eigenvalue weighted by atomic mass is 10.2. The van der Waals surface area contributed by atoms with E-state index in [2.05, 4.69) is 4.98 Å². The number of hydrazine groups is 1. The SMILES string of the molecule is Cc1nc(-c2ccccc2)sc1C(=O)N([C@@H]1CCS(=O)(=O)C1)N(C)C. The second kappa shape index (κ2) is 6.86. The lowest BCUT2D eigenvalue weighted by Gasteiger charge is -2.33. The number of hydrogen-bond acceptors (Lipinski definition) is 6. The highest BCUT2D eigenvalue weighted by Crippen LogP contribution is 2.30. The summed E-state index contributed by atoms with van der Waals surface area (Å²) in [6.07, 6.45) is 0.468. The Bertz CT molecular complexity index is 876. The Hall–Kier alpha value is -1.77. The van der Waals surface area contributed by atoms with Crippen LogP contribution in [0.3, 0.4) is 0 Å². The molecule has 8 heteroatoms. The highest BCUT2D eigenvalue weighted by atomic mass is 32.2. The third-order valence-corrected chi connectivity index (χ3v) is 7.15. The largest absolute Gasteiger partial charge is 0.280 e. The average molecular weight is 380 g/mol. The summed E-state index contributed by atoms with van der Waals surface area (Å²) in [5, 5.41) is 4.02. The monoisotopic (exact) mass is 379 g/mol. The van der Waals surface area contributed by atoms with E-state index in [9.17, 15) is 13.2 Å². The highest BCUT2D eigenvalue weighted by Gasteiger charge is 2.37. The van der Waals surface area contributed by atoms with Crippen molar-refractivity contribution in [2.45, 2.75) is 19.4 Å². The van der Waals surface area contributed by atoms with Crippen LogP contribution < -0.4 is 0 Å². The Kier molecular flexibility index (Phi) is 4.95. The molecule has 0 N–H and O–H groups in total. The third kappa shape index (κ3) is 3.75. The van der Waals surface area contributed by atoms with Crippen molar-refractivity contribution in [2.75, 3.05) is 25.6 Å². The van der Waals surface area contributed by atoms with E-state index < -0.39 is 9.84 Å². The Labute approximate surface area is 152 Å². The fourth-order valence-corrected chi connectivity index (χ4v) is 5.74. The molecule has 2 heterocycles. The molecule has 0 spiro atoms. The van der Waals surface area contributed by atoms with Gasteiger partial charge in [-0.2, -0.15) is 0 Å². The first-order valence-corrected chi connectivity index (χ1v) is 10.7. The first-order chi connectivity index (χ1) is 11.8. The number of hydrogen-bond donors (Lipinski definition) is 0. The maximum atomic E-state index is 13.1. The highest BCUT2D eigenvalue weighted by molar-refractivity contribution is 7.91. The second-order valence-corrected chi connectivity index (χ2v) is 9.58. The van der Waals surface area contributed by atoms with Crippen LogP contribution in [0.25, 0.3) is 10.6 Å². The van der Waals surface area contributed by atoms with Gasteiger partial charge in [0.2, 0.25) is 0 Å². The van der Waals surface area contributed by atoms with Gasteiger partial charge in [-0.1, -0.05) is 30.3 Å². The van der Waals surface area contributed by atoms with E-state index in [0.717, 1.165) is 10.6 Å². The van der Waals surface area contributed by atoms with Gasteiger partial charge in [-0.3, -0.25) is 9.80 Å². The Morgan fingerprint density at radius 2 is 1.92 bits per heavy atom. The summed E-state index contributed by atoms with van der Waals surface area (Å²) in [5.74, 6) is -0.0451. The van der Waals surface area contributed by atoms with Crippen molar-refractivity contribution >= 4 is 27.1 Å². The molecule has 25 heavy (non-hydrogen) atoms. The molecular weight excluding hydrogens is 358 g/mol. The van der Waals surface area contributed by atoms with Crippen LogP contribution in [0.2, 0.25) is 0 Å². The minimum atomic E-state index is -3.07. The van der Waals surface area contributed by atoms with Gasteiger partial charge in [0, 0.05) is 19.7 Å². The van der Waals surface area contributed by atoms with Gasteiger partial charge in [0.05, 0.1) is 23.2 Å². The molecule has 1 atom stereocenters. The predicted molar refractivity (Wildman–Crippen MR) is 99.2 cm³/mol. The van der Waals surface area contributed by atoms with Crippen LogP contribution in [0.1, 0.15) is 21.8 Å². The number of aryl methyl sites for hydroxylation is 1. The maximum Gasteiger partial charge on any atom is 0.280 e. The normalized spacial score (nSPS) is 19.3. The van der Waals surface area contributed by atoms with Crippen molar-refractivity contribution in [1.29, 1.82) is 0 Å². The summed E-state index contributed by atoms with van der Waals surface area (Å²) in [5.41, 5.74) is 1.64. The van der Waals surface area contributed by atoms with E-state index >= 15 is 0 Å². The fourth-order valence-electron chi connectivity index (χ4n) is 3.05. The number of rotatable bonds is 4. The Morgan fingerprint density at radius 3 is 2.48 bits per heavy atom. The van der Waals surface area contributed by atoms with Crippen LogP contribution in [0.15, 0.2) is 30.3 Å². The molecule has 6 nitrogen and oxygen atoms in total. The molecule has 134 valence electrons. The van der Waals surface area contributed by atoms with Gasteiger partial charge in [0.1, 0.15) is 9.88 Å². The van der Waals surface area contributed by atoms with Gasteiger partial charge < -0.3 is 0 Å². The molecular formula is C17H21N3O3S2. The summed E-state index contributed by atoms with van der Waals surface area (Å²) in [7, 11) is 0.452. The molecule has 0 aliphatic carbocycles. The van der Waals surface area contributed by atoms with Gasteiger partial charge in [-0.15, -0.1) is 11.3 Å². The molecule has 3 rings (SSSR count). The molecule has 1 aromatic heterocycles. The predicted octanol–water partition coefficient (Wildman–Crippen LogP) is 2.22. The van der Waals surface area contributed by atoms with Crippen LogP contribution in [-0.2, 0) is 9.84 Å². The van der Waals surface area contributed by atoms with Gasteiger partial charge in [0.25, 0.3) is 5.91 Å². The lowest BCUT2D eigenvalue weighted by Crippen LogP contribution is -2.49. The van der Waals surface area contributed by atoms with E-state index in [-0.39, 0.29) is 23.5 Å². The molecule has 2 aromatic rings. The van der Waals surface area contributed by atoms with E-state index in [1.165, 1.54) is 11.3 Å². The first kappa shape index (κ1) is 18.0. The van der Waals surface area contributed by atoms with E-state index in [1.807, 2.05) is 37.3 Å². The zero-order valence-corrected chi connectivity index (χ0v) is 16.1. The first-order valence-electron chi connectivity index (χ1n) is 8.02. The van der Waals surface area contributed by atoms with Gasteiger partial charge in [-0.25, -0.2) is 18.4 Å². The molecule has 1 aliphatic heterocycles. The van der Waals surface area contributed by atoms with Crippen molar-refractivity contribution in [1.82, 2.24) is 15.0 Å². The Balaban J connectivity index is 1.92. The summed E-state index contributed by atoms with van der Waals surface area (Å²) in [6, 6.07) is 9.39. The molecule has 0 bridgehead atoms. The zero-order chi connectivity index (χ0) is 18.2. The van der Waals surface area contributed by atoms with Crippen LogP contribution in [0.4, 0.5) is 0 Å². The van der Waals surface area contributed by atoms with Crippen LogP contribution >= 0.6 is 11.3 Å². The zero-order valence-electron chi connectivity index (χ0n) is 14.5. The molecule has 1 fully saturated rings. The van der Waals surface area contributed by atoms with Crippen LogP contribution in [0, 0.1) is 6.92 Å². The number of amides is 1. The molecule has 1 amide bonds. The van der Waals surface area contributed by atoms with Crippen LogP contribution in [-0.4, -0.2) is 61.0 Å². The number of aromatic nitrogens is 1. The van der Waals surface area contributed by atoms with Gasteiger partial charge in [0.15, 0.2) is 9.84 Å². The smallest absolute Gasteiger partial charge is 0.267 e. The van der Waals surface area contributed by atoms with E-state index in [1.54, 1.807) is 24.1 Å². The summed E-state index contributed by atoms with van der Waals surface area (Å²) in [4.78, 5) is 18.2. The van der Waals surface area contributed by atoms with Crippen LogP contribution in [0.5, 0.6) is 0 Å². The Morgan fingerprint density at radius 1 is 1.24 bits per heavy atom. The summed E-state index contributed by atoms with van der Waals surface area (Å²) >= 11 is 1.35. The molecule has 1 aliphatic rings. The molecule has 0 saturated carbocycles. The van der Waals surface area contributed by atoms with E-state index in [0.29, 0.717) is 17.0 Å². The minimum absolute atomic E-state index is 0.0142. The summed E-state index contributed by atoms with van der Waals surface area (Å²) < 4.78 is 23.6. The van der Waals surface area contributed by atoms with Gasteiger partial charge in [-0.05, 0) is 13.3 Å². The number of nitrogens with zero attached hydrogens (tertiary/aromatic N) is 3. The quantitative estimate of drug-likeness (QED) is 0.762. The fraction of sp³-hybridized carbons (Fsp3) is 0.412. The molecule has 1 saturated heterocycles. The molecule has 0 radical (unpaired) electrons. The second-order valence-electron chi connectivity index (χ2n) is 6.35. The lowest BCUT2D eigenvalue weighted by molar-refractivity contribution is 0.00139.